The summed E-state index contributed by atoms with van der Waals surface area (Å²) in [5.41, 5.74) is 0.888. The van der Waals surface area contributed by atoms with Gasteiger partial charge in [-0.2, -0.15) is 0 Å². The fraction of sp³-hybridized carbons (Fsp3) is 0.263. The standard InChI is InChI=1S/C19H22N4O5/c1-11(2)13-6-14(16(26)7-15(13)25)19(20)23(10-24)12-4-5-17(21-8-12)22(3)9-18(27)28/h4-8,10-11,20,25-26H,9H2,1-3H3,(H,27,28). The lowest BCUT2D eigenvalue weighted by Crippen LogP contribution is -2.30. The summed E-state index contributed by atoms with van der Waals surface area (Å²) in [5.74, 6) is -1.38. The van der Waals surface area contributed by atoms with Gasteiger partial charge in [0.15, 0.2) is 0 Å². The summed E-state index contributed by atoms with van der Waals surface area (Å²) in [6.45, 7) is 3.47. The topological polar surface area (TPSA) is 138 Å². The van der Waals surface area contributed by atoms with Crippen molar-refractivity contribution < 1.29 is 24.9 Å². The van der Waals surface area contributed by atoms with Crippen molar-refractivity contribution in [2.75, 3.05) is 23.4 Å². The summed E-state index contributed by atoms with van der Waals surface area (Å²) in [4.78, 5) is 28.9. The molecule has 0 atom stereocenters. The van der Waals surface area contributed by atoms with E-state index in [0.29, 0.717) is 17.8 Å². The van der Waals surface area contributed by atoms with E-state index in [1.54, 1.807) is 7.05 Å². The van der Waals surface area contributed by atoms with Gasteiger partial charge in [0, 0.05) is 13.1 Å². The lowest BCUT2D eigenvalue weighted by molar-refractivity contribution is -0.135. The molecule has 2 aromatic rings. The fourth-order valence-electron chi connectivity index (χ4n) is 2.65. The normalized spacial score (nSPS) is 10.6. The van der Waals surface area contributed by atoms with Crippen LogP contribution in [0.25, 0.3) is 0 Å². The van der Waals surface area contributed by atoms with Crippen LogP contribution in [0.2, 0.25) is 0 Å². The SMILES string of the molecule is CC(C)c1cc(C(=N)N(C=O)c2ccc(N(C)CC(=O)O)nc2)c(O)cc1O. The van der Waals surface area contributed by atoms with E-state index in [4.69, 9.17) is 10.5 Å². The largest absolute Gasteiger partial charge is 0.508 e. The van der Waals surface area contributed by atoms with Crippen LogP contribution in [-0.2, 0) is 9.59 Å². The molecule has 28 heavy (non-hydrogen) atoms. The molecule has 9 heteroatoms. The van der Waals surface area contributed by atoms with Crippen molar-refractivity contribution in [3.05, 3.63) is 41.6 Å². The monoisotopic (exact) mass is 386 g/mol. The number of anilines is 2. The third-order valence-corrected chi connectivity index (χ3v) is 4.14. The van der Waals surface area contributed by atoms with Crippen LogP contribution in [-0.4, -0.2) is 52.1 Å². The zero-order chi connectivity index (χ0) is 21.0. The number of phenolic OH excluding ortho intramolecular Hbond substituents is 2. The fourth-order valence-corrected chi connectivity index (χ4v) is 2.65. The molecule has 9 nitrogen and oxygen atoms in total. The average molecular weight is 386 g/mol. The summed E-state index contributed by atoms with van der Waals surface area (Å²) in [6.07, 6.45) is 1.75. The molecule has 0 aliphatic carbocycles. The molecule has 0 fully saturated rings. The summed E-state index contributed by atoms with van der Waals surface area (Å²) in [6, 6.07) is 5.66. The molecule has 1 aromatic carbocycles. The summed E-state index contributed by atoms with van der Waals surface area (Å²) < 4.78 is 0. The van der Waals surface area contributed by atoms with Crippen molar-refractivity contribution in [2.45, 2.75) is 19.8 Å². The Morgan fingerprint density at radius 2 is 1.93 bits per heavy atom. The zero-order valence-corrected chi connectivity index (χ0v) is 15.7. The molecule has 1 heterocycles. The predicted octanol–water partition coefficient (Wildman–Crippen LogP) is 2.13. The molecular weight excluding hydrogens is 364 g/mol. The van der Waals surface area contributed by atoms with Crippen LogP contribution < -0.4 is 9.80 Å². The molecule has 0 saturated heterocycles. The number of carbonyl (C=O) groups excluding carboxylic acids is 1. The number of aliphatic carboxylic acids is 1. The molecule has 0 spiro atoms. The van der Waals surface area contributed by atoms with Crippen LogP contribution in [0, 0.1) is 5.41 Å². The van der Waals surface area contributed by atoms with Crippen LogP contribution in [0.5, 0.6) is 11.5 Å². The van der Waals surface area contributed by atoms with Crippen LogP contribution in [0.3, 0.4) is 0 Å². The number of amides is 1. The number of aromatic nitrogens is 1. The van der Waals surface area contributed by atoms with Crippen LogP contribution in [0.15, 0.2) is 30.5 Å². The van der Waals surface area contributed by atoms with Gasteiger partial charge in [-0.3, -0.25) is 19.9 Å². The highest BCUT2D eigenvalue weighted by Crippen LogP contribution is 2.33. The van der Waals surface area contributed by atoms with Gasteiger partial charge >= 0.3 is 5.97 Å². The van der Waals surface area contributed by atoms with Gasteiger partial charge in [0.05, 0.1) is 17.4 Å². The smallest absolute Gasteiger partial charge is 0.323 e. The highest BCUT2D eigenvalue weighted by atomic mass is 16.4. The van der Waals surface area contributed by atoms with Gasteiger partial charge in [0.25, 0.3) is 0 Å². The highest BCUT2D eigenvalue weighted by molar-refractivity contribution is 6.18. The van der Waals surface area contributed by atoms with Gasteiger partial charge in [-0.25, -0.2) is 4.98 Å². The average Bonchev–Trinajstić information content (AvgIpc) is 2.61. The van der Waals surface area contributed by atoms with Crippen molar-refractivity contribution >= 4 is 29.7 Å². The number of hydrogen-bond donors (Lipinski definition) is 4. The number of aromatic hydroxyl groups is 2. The summed E-state index contributed by atoms with van der Waals surface area (Å²) in [5, 5.41) is 37.3. The second-order valence-electron chi connectivity index (χ2n) is 6.53. The number of carbonyl (C=O) groups is 2. The minimum Gasteiger partial charge on any atom is -0.508 e. The first kappa shape index (κ1) is 20.7. The van der Waals surface area contributed by atoms with Crippen LogP contribution in [0.1, 0.15) is 30.9 Å². The van der Waals surface area contributed by atoms with Crippen LogP contribution in [0.4, 0.5) is 11.5 Å². The quantitative estimate of drug-likeness (QED) is 0.325. The predicted molar refractivity (Wildman–Crippen MR) is 104 cm³/mol. The van der Waals surface area contributed by atoms with E-state index in [9.17, 15) is 19.8 Å². The lowest BCUT2D eigenvalue weighted by Gasteiger charge is -2.21. The Morgan fingerprint density at radius 3 is 2.43 bits per heavy atom. The molecule has 148 valence electrons. The molecule has 0 aliphatic rings. The Hall–Kier alpha value is -3.62. The minimum absolute atomic E-state index is 0.0532. The first-order valence-electron chi connectivity index (χ1n) is 8.44. The van der Waals surface area contributed by atoms with E-state index >= 15 is 0 Å². The number of likely N-dealkylation sites (N-methyl/N-ethyl adjacent to an activating group) is 1. The van der Waals surface area contributed by atoms with Gasteiger partial charge in [0.1, 0.15) is 29.7 Å². The van der Waals surface area contributed by atoms with Gasteiger partial charge in [0.2, 0.25) is 6.41 Å². The third kappa shape index (κ3) is 4.37. The van der Waals surface area contributed by atoms with E-state index in [1.165, 1.54) is 29.3 Å². The first-order chi connectivity index (χ1) is 13.1. The first-order valence-corrected chi connectivity index (χ1v) is 8.44. The molecule has 4 N–H and O–H groups in total. The maximum atomic E-state index is 11.6. The molecule has 0 bridgehead atoms. The number of pyridine rings is 1. The third-order valence-electron chi connectivity index (χ3n) is 4.14. The minimum atomic E-state index is -1.01. The Bertz CT molecular complexity index is 896. The summed E-state index contributed by atoms with van der Waals surface area (Å²) in [7, 11) is 1.57. The van der Waals surface area contributed by atoms with Crippen LogP contribution >= 0.6 is 0 Å². The second-order valence-corrected chi connectivity index (χ2v) is 6.53. The van der Waals surface area contributed by atoms with E-state index in [0.717, 1.165) is 11.0 Å². The molecule has 1 aromatic heterocycles. The number of rotatable bonds is 7. The number of hydrogen-bond acceptors (Lipinski definition) is 7. The molecular formula is C19H22N4O5. The van der Waals surface area contributed by atoms with E-state index in [2.05, 4.69) is 4.98 Å². The zero-order valence-electron chi connectivity index (χ0n) is 15.7. The van der Waals surface area contributed by atoms with Gasteiger partial charge in [-0.15, -0.1) is 0 Å². The molecule has 0 radical (unpaired) electrons. The van der Waals surface area contributed by atoms with Crippen molar-refractivity contribution in [3.63, 3.8) is 0 Å². The molecule has 0 unspecified atom stereocenters. The van der Waals surface area contributed by atoms with Crippen molar-refractivity contribution in [3.8, 4) is 11.5 Å². The molecule has 2 rings (SSSR count). The van der Waals surface area contributed by atoms with Gasteiger partial charge in [-0.1, -0.05) is 13.8 Å². The van der Waals surface area contributed by atoms with E-state index in [1.807, 2.05) is 13.8 Å². The number of carboxylic acid groups (broad SMARTS) is 1. The number of benzene rings is 1. The number of phenols is 2. The van der Waals surface area contributed by atoms with Gasteiger partial charge < -0.3 is 20.2 Å². The summed E-state index contributed by atoms with van der Waals surface area (Å²) >= 11 is 0. The number of nitrogens with zero attached hydrogens (tertiary/aromatic N) is 3. The number of nitrogens with one attached hydrogen (secondary N) is 1. The number of amidine groups is 1. The van der Waals surface area contributed by atoms with Crippen molar-refractivity contribution in [1.82, 2.24) is 4.98 Å². The van der Waals surface area contributed by atoms with E-state index in [-0.39, 0.29) is 41.0 Å². The Labute approximate surface area is 162 Å². The van der Waals surface area contributed by atoms with E-state index < -0.39 is 5.97 Å². The molecule has 0 aliphatic heterocycles. The Balaban J connectivity index is 2.35. The molecule has 1 amide bonds. The Morgan fingerprint density at radius 1 is 1.25 bits per heavy atom. The molecule has 0 saturated carbocycles. The second kappa shape index (κ2) is 8.38. The van der Waals surface area contributed by atoms with Gasteiger partial charge in [-0.05, 0) is 29.7 Å². The number of carboxylic acids is 1. The maximum Gasteiger partial charge on any atom is 0.323 e. The maximum absolute atomic E-state index is 11.6. The van der Waals surface area contributed by atoms with Crippen molar-refractivity contribution in [1.29, 1.82) is 5.41 Å². The highest BCUT2D eigenvalue weighted by Gasteiger charge is 2.20. The lowest BCUT2D eigenvalue weighted by atomic mass is 9.98. The van der Waals surface area contributed by atoms with Crippen molar-refractivity contribution in [2.24, 2.45) is 0 Å². The Kier molecular flexibility index (Phi) is 6.19.